The molecule has 2 N–H and O–H groups in total. The van der Waals surface area contributed by atoms with Gasteiger partial charge in [-0.3, -0.25) is 4.68 Å². The minimum Gasteiger partial charge on any atom is -0.316 e. The maximum Gasteiger partial charge on any atom is 0.240 e. The predicted molar refractivity (Wildman–Crippen MR) is 79.1 cm³/mol. The van der Waals surface area contributed by atoms with Gasteiger partial charge in [-0.2, -0.15) is 5.10 Å². The van der Waals surface area contributed by atoms with E-state index in [-0.39, 0.29) is 6.54 Å². The molecular weight excluding hydrogens is 290 g/mol. The second kappa shape index (κ2) is 6.79. The molecule has 7 nitrogen and oxygen atoms in total. The molecule has 0 spiro atoms. The minimum atomic E-state index is -3.53. The van der Waals surface area contributed by atoms with Gasteiger partial charge in [0.1, 0.15) is 6.33 Å². The average Bonchev–Trinajstić information content (AvgIpc) is 2.85. The lowest BCUT2D eigenvalue weighted by Crippen LogP contribution is -2.27. The van der Waals surface area contributed by atoms with E-state index in [4.69, 9.17) is 0 Å². The van der Waals surface area contributed by atoms with Crippen LogP contribution < -0.4 is 10.0 Å². The fourth-order valence-corrected chi connectivity index (χ4v) is 3.25. The largest absolute Gasteiger partial charge is 0.316 e. The molecule has 1 aromatic carbocycles. The highest BCUT2D eigenvalue weighted by Crippen LogP contribution is 2.14. The number of rotatable bonds is 7. The van der Waals surface area contributed by atoms with Crippen LogP contribution in [0.1, 0.15) is 11.4 Å². The molecule has 0 radical (unpaired) electrons. The number of hydrogen-bond acceptors (Lipinski definition) is 5. The Morgan fingerprint density at radius 1 is 1.29 bits per heavy atom. The SMILES string of the molecule is CNCc1ccccc1S(=O)(=O)NCCc1ncn(C)n1. The Morgan fingerprint density at radius 3 is 2.71 bits per heavy atom. The Morgan fingerprint density at radius 2 is 2.05 bits per heavy atom. The van der Waals surface area contributed by atoms with Gasteiger partial charge in [-0.05, 0) is 18.7 Å². The summed E-state index contributed by atoms with van der Waals surface area (Å²) >= 11 is 0. The van der Waals surface area contributed by atoms with Crippen LogP contribution in [0.3, 0.4) is 0 Å². The number of aryl methyl sites for hydroxylation is 1. The molecule has 0 unspecified atom stereocenters. The van der Waals surface area contributed by atoms with Gasteiger partial charge in [0, 0.05) is 26.6 Å². The van der Waals surface area contributed by atoms with Gasteiger partial charge in [0.25, 0.3) is 0 Å². The minimum absolute atomic E-state index is 0.264. The topological polar surface area (TPSA) is 88.9 Å². The lowest BCUT2D eigenvalue weighted by molar-refractivity contribution is 0.578. The van der Waals surface area contributed by atoms with Crippen molar-refractivity contribution in [1.29, 1.82) is 0 Å². The highest BCUT2D eigenvalue weighted by Gasteiger charge is 2.17. The van der Waals surface area contributed by atoms with Crippen molar-refractivity contribution in [2.45, 2.75) is 17.9 Å². The van der Waals surface area contributed by atoms with Crippen molar-refractivity contribution in [3.8, 4) is 0 Å². The molecule has 0 aliphatic heterocycles. The van der Waals surface area contributed by atoms with E-state index in [1.54, 1.807) is 43.3 Å². The molecule has 8 heteroatoms. The highest BCUT2D eigenvalue weighted by molar-refractivity contribution is 7.89. The monoisotopic (exact) mass is 309 g/mol. The fourth-order valence-electron chi connectivity index (χ4n) is 1.98. The summed E-state index contributed by atoms with van der Waals surface area (Å²) in [5.74, 6) is 0.615. The number of hydrogen-bond donors (Lipinski definition) is 2. The van der Waals surface area contributed by atoms with Crippen LogP contribution in [0.4, 0.5) is 0 Å². The van der Waals surface area contributed by atoms with E-state index in [0.29, 0.717) is 23.7 Å². The molecular formula is C13H19N5O2S. The second-order valence-electron chi connectivity index (χ2n) is 4.62. The van der Waals surface area contributed by atoms with Gasteiger partial charge in [-0.1, -0.05) is 18.2 Å². The van der Waals surface area contributed by atoms with E-state index in [2.05, 4.69) is 20.1 Å². The van der Waals surface area contributed by atoms with E-state index in [9.17, 15) is 8.42 Å². The molecule has 2 rings (SSSR count). The molecule has 0 aliphatic carbocycles. The lowest BCUT2D eigenvalue weighted by Gasteiger charge is -2.10. The van der Waals surface area contributed by atoms with E-state index in [1.165, 1.54) is 0 Å². The molecule has 0 fully saturated rings. The molecule has 0 saturated heterocycles. The second-order valence-corrected chi connectivity index (χ2v) is 6.36. The van der Waals surface area contributed by atoms with Crippen LogP contribution in [0.5, 0.6) is 0 Å². The van der Waals surface area contributed by atoms with E-state index >= 15 is 0 Å². The van der Waals surface area contributed by atoms with Crippen molar-refractivity contribution in [2.75, 3.05) is 13.6 Å². The van der Waals surface area contributed by atoms with Gasteiger partial charge in [0.05, 0.1) is 4.90 Å². The van der Waals surface area contributed by atoms with E-state index in [1.807, 2.05) is 6.07 Å². The zero-order valence-corrected chi connectivity index (χ0v) is 12.9. The van der Waals surface area contributed by atoms with Crippen LogP contribution in [0.25, 0.3) is 0 Å². The molecule has 1 heterocycles. The van der Waals surface area contributed by atoms with Crippen LogP contribution in [0, 0.1) is 0 Å². The molecule has 0 saturated carbocycles. The summed E-state index contributed by atoms with van der Waals surface area (Å²) < 4.78 is 28.9. The smallest absolute Gasteiger partial charge is 0.240 e. The number of nitrogens with one attached hydrogen (secondary N) is 2. The van der Waals surface area contributed by atoms with Crippen LogP contribution >= 0.6 is 0 Å². The molecule has 2 aromatic rings. The van der Waals surface area contributed by atoms with Crippen molar-refractivity contribution in [3.63, 3.8) is 0 Å². The Labute approximate surface area is 124 Å². The Bertz CT molecular complexity index is 696. The van der Waals surface area contributed by atoms with Gasteiger partial charge in [0.2, 0.25) is 10.0 Å². The van der Waals surface area contributed by atoms with Crippen molar-refractivity contribution < 1.29 is 8.42 Å². The van der Waals surface area contributed by atoms with Crippen molar-refractivity contribution >= 4 is 10.0 Å². The zero-order chi connectivity index (χ0) is 15.3. The number of sulfonamides is 1. The molecule has 21 heavy (non-hydrogen) atoms. The lowest BCUT2D eigenvalue weighted by atomic mass is 10.2. The summed E-state index contributed by atoms with van der Waals surface area (Å²) in [5, 5.41) is 7.08. The first-order valence-corrected chi connectivity index (χ1v) is 8.08. The summed E-state index contributed by atoms with van der Waals surface area (Å²) in [5.41, 5.74) is 0.739. The molecule has 114 valence electrons. The first-order valence-electron chi connectivity index (χ1n) is 6.59. The highest BCUT2D eigenvalue weighted by atomic mass is 32.2. The third-order valence-electron chi connectivity index (χ3n) is 2.92. The van der Waals surface area contributed by atoms with Gasteiger partial charge < -0.3 is 5.32 Å². The van der Waals surface area contributed by atoms with E-state index in [0.717, 1.165) is 5.56 Å². The van der Waals surface area contributed by atoms with Crippen molar-refractivity contribution in [2.24, 2.45) is 7.05 Å². The van der Waals surface area contributed by atoms with Gasteiger partial charge >= 0.3 is 0 Å². The van der Waals surface area contributed by atoms with E-state index < -0.39 is 10.0 Å². The van der Waals surface area contributed by atoms with Crippen LogP contribution in [0.2, 0.25) is 0 Å². The van der Waals surface area contributed by atoms with Crippen LogP contribution in [0.15, 0.2) is 35.5 Å². The van der Waals surface area contributed by atoms with Crippen LogP contribution in [-0.2, 0) is 30.0 Å². The number of aromatic nitrogens is 3. The van der Waals surface area contributed by atoms with Crippen molar-refractivity contribution in [1.82, 2.24) is 24.8 Å². The third kappa shape index (κ3) is 4.10. The third-order valence-corrected chi connectivity index (χ3v) is 4.48. The normalized spacial score (nSPS) is 11.7. The number of benzene rings is 1. The standard InChI is InChI=1S/C13H19N5O2S/c1-14-9-11-5-3-4-6-12(11)21(19,20)16-8-7-13-15-10-18(2)17-13/h3-6,10,14,16H,7-9H2,1-2H3. The van der Waals surface area contributed by atoms with Crippen molar-refractivity contribution in [3.05, 3.63) is 42.0 Å². The zero-order valence-electron chi connectivity index (χ0n) is 12.1. The first-order chi connectivity index (χ1) is 10.0. The molecule has 0 bridgehead atoms. The number of nitrogens with zero attached hydrogens (tertiary/aromatic N) is 3. The molecule has 0 atom stereocenters. The maximum atomic E-state index is 12.3. The van der Waals surface area contributed by atoms with Crippen LogP contribution in [-0.4, -0.2) is 36.8 Å². The van der Waals surface area contributed by atoms with Gasteiger partial charge in [0.15, 0.2) is 5.82 Å². The summed E-state index contributed by atoms with van der Waals surface area (Å²) in [7, 11) is 0.0250. The average molecular weight is 309 g/mol. The van der Waals surface area contributed by atoms with Gasteiger partial charge in [-0.25, -0.2) is 18.1 Å². The Kier molecular flexibility index (Phi) is 5.05. The predicted octanol–water partition coefficient (Wildman–Crippen LogP) is 0.0555. The molecule has 1 aromatic heterocycles. The summed E-state index contributed by atoms with van der Waals surface area (Å²) in [6.07, 6.45) is 2.04. The van der Waals surface area contributed by atoms with Gasteiger partial charge in [-0.15, -0.1) is 0 Å². The fraction of sp³-hybridized carbons (Fsp3) is 0.385. The summed E-state index contributed by atoms with van der Waals surface area (Å²) in [6, 6.07) is 6.94. The summed E-state index contributed by atoms with van der Waals surface area (Å²) in [4.78, 5) is 4.36. The Hall–Kier alpha value is -1.77. The quantitative estimate of drug-likeness (QED) is 0.755. The molecule has 0 aliphatic rings. The maximum absolute atomic E-state index is 12.3. The first kappa shape index (κ1) is 15.6. The Balaban J connectivity index is 2.04. The summed E-state index contributed by atoms with van der Waals surface area (Å²) in [6.45, 7) is 0.763. The molecule has 0 amide bonds.